The summed E-state index contributed by atoms with van der Waals surface area (Å²) in [5.41, 5.74) is 0.0726. The predicted molar refractivity (Wildman–Crippen MR) is 115 cm³/mol. The quantitative estimate of drug-likeness (QED) is 0.415. The summed E-state index contributed by atoms with van der Waals surface area (Å²) in [6.45, 7) is 0.990. The first-order valence-electron chi connectivity index (χ1n) is 9.34. The van der Waals surface area contributed by atoms with Gasteiger partial charge in [-0.1, -0.05) is 29.3 Å². The standard InChI is InChI=1S/C20H21Cl2NO7S/c1-27-17-6-5-14(13-18(17)31(25,26)23-7-9-28-10-8-23)20(24)30-12-11-29-19-15(21)3-2-4-16(19)22/h2-6,13H,7-12H2,1H3. The van der Waals surface area contributed by atoms with Crippen LogP contribution in [-0.2, 0) is 19.5 Å². The van der Waals surface area contributed by atoms with Gasteiger partial charge in [-0.05, 0) is 30.3 Å². The Hall–Kier alpha value is -2.04. The van der Waals surface area contributed by atoms with Crippen molar-refractivity contribution in [3.05, 3.63) is 52.0 Å². The number of para-hydroxylation sites is 1. The number of halogens is 2. The lowest BCUT2D eigenvalue weighted by molar-refractivity contribution is 0.0450. The molecule has 2 aromatic rings. The molecule has 0 N–H and O–H groups in total. The van der Waals surface area contributed by atoms with Gasteiger partial charge in [0.05, 0.1) is 35.9 Å². The monoisotopic (exact) mass is 489 g/mol. The van der Waals surface area contributed by atoms with Crippen molar-refractivity contribution >= 4 is 39.2 Å². The molecule has 1 aliphatic heterocycles. The van der Waals surface area contributed by atoms with Gasteiger partial charge in [0.2, 0.25) is 10.0 Å². The number of ether oxygens (including phenoxy) is 4. The molecular weight excluding hydrogens is 469 g/mol. The van der Waals surface area contributed by atoms with E-state index >= 15 is 0 Å². The highest BCUT2D eigenvalue weighted by atomic mass is 35.5. The fourth-order valence-electron chi connectivity index (χ4n) is 2.91. The van der Waals surface area contributed by atoms with Crippen LogP contribution in [0.2, 0.25) is 10.0 Å². The normalized spacial score (nSPS) is 14.8. The Morgan fingerprint density at radius 3 is 2.42 bits per heavy atom. The largest absolute Gasteiger partial charge is 0.495 e. The van der Waals surface area contributed by atoms with E-state index in [0.717, 1.165) is 0 Å². The number of hydrogen-bond donors (Lipinski definition) is 0. The fraction of sp³-hybridized carbons (Fsp3) is 0.350. The molecule has 0 amide bonds. The third-order valence-electron chi connectivity index (χ3n) is 4.47. The molecule has 0 spiro atoms. The second kappa shape index (κ2) is 10.5. The van der Waals surface area contributed by atoms with Crippen LogP contribution in [0.3, 0.4) is 0 Å². The number of nitrogens with zero attached hydrogens (tertiary/aromatic N) is 1. The minimum absolute atomic E-state index is 0.0181. The maximum Gasteiger partial charge on any atom is 0.338 e. The van der Waals surface area contributed by atoms with E-state index in [0.29, 0.717) is 29.0 Å². The third-order valence-corrected chi connectivity index (χ3v) is 6.98. The molecule has 0 bridgehead atoms. The van der Waals surface area contributed by atoms with Crippen molar-refractivity contribution in [3.63, 3.8) is 0 Å². The van der Waals surface area contributed by atoms with Crippen molar-refractivity contribution in [1.82, 2.24) is 4.31 Å². The van der Waals surface area contributed by atoms with Gasteiger partial charge in [-0.3, -0.25) is 0 Å². The Balaban J connectivity index is 1.68. The van der Waals surface area contributed by atoms with E-state index in [1.54, 1.807) is 18.2 Å². The number of methoxy groups -OCH3 is 1. The molecule has 0 saturated carbocycles. The number of sulfonamides is 1. The molecule has 0 unspecified atom stereocenters. The average Bonchev–Trinajstić information content (AvgIpc) is 2.78. The zero-order chi connectivity index (χ0) is 22.4. The Morgan fingerprint density at radius 2 is 1.77 bits per heavy atom. The Morgan fingerprint density at radius 1 is 1.10 bits per heavy atom. The van der Waals surface area contributed by atoms with Crippen molar-refractivity contribution in [2.45, 2.75) is 4.90 Å². The molecular formula is C20H21Cl2NO7S. The van der Waals surface area contributed by atoms with E-state index < -0.39 is 16.0 Å². The van der Waals surface area contributed by atoms with Crippen LogP contribution in [0, 0.1) is 0 Å². The minimum Gasteiger partial charge on any atom is -0.495 e. The second-order valence-electron chi connectivity index (χ2n) is 6.42. The lowest BCUT2D eigenvalue weighted by atomic mass is 10.2. The van der Waals surface area contributed by atoms with Crippen molar-refractivity contribution in [1.29, 1.82) is 0 Å². The summed E-state index contributed by atoms with van der Waals surface area (Å²) in [5, 5.41) is 0.680. The molecule has 1 heterocycles. The summed E-state index contributed by atoms with van der Waals surface area (Å²) in [6, 6.07) is 9.04. The van der Waals surface area contributed by atoms with Gasteiger partial charge in [-0.2, -0.15) is 4.31 Å². The van der Waals surface area contributed by atoms with E-state index in [1.807, 2.05) is 0 Å². The van der Waals surface area contributed by atoms with Crippen molar-refractivity contribution in [2.75, 3.05) is 46.6 Å². The van der Waals surface area contributed by atoms with E-state index in [9.17, 15) is 13.2 Å². The summed E-state index contributed by atoms with van der Waals surface area (Å²) in [6.07, 6.45) is 0. The number of morpholine rings is 1. The first kappa shape index (κ1) is 23.6. The molecule has 0 atom stereocenters. The van der Waals surface area contributed by atoms with Crippen LogP contribution < -0.4 is 9.47 Å². The Labute approximate surface area is 190 Å². The maximum absolute atomic E-state index is 13.0. The average molecular weight is 490 g/mol. The van der Waals surface area contributed by atoms with Crippen LogP contribution in [0.5, 0.6) is 11.5 Å². The van der Waals surface area contributed by atoms with Crippen molar-refractivity contribution < 1.29 is 32.2 Å². The van der Waals surface area contributed by atoms with Gasteiger partial charge >= 0.3 is 5.97 Å². The van der Waals surface area contributed by atoms with E-state index in [4.69, 9.17) is 42.1 Å². The molecule has 168 valence electrons. The summed E-state index contributed by atoms with van der Waals surface area (Å²) < 4.78 is 48.4. The Kier molecular flexibility index (Phi) is 8.01. The molecule has 0 aromatic heterocycles. The third kappa shape index (κ3) is 5.61. The smallest absolute Gasteiger partial charge is 0.338 e. The van der Waals surface area contributed by atoms with E-state index in [1.165, 1.54) is 29.6 Å². The number of esters is 1. The van der Waals surface area contributed by atoms with E-state index in [2.05, 4.69) is 0 Å². The minimum atomic E-state index is -3.86. The van der Waals surface area contributed by atoms with Crippen LogP contribution in [0.25, 0.3) is 0 Å². The molecule has 2 aromatic carbocycles. The Bertz CT molecular complexity index is 1020. The molecule has 8 nitrogen and oxygen atoms in total. The first-order valence-corrected chi connectivity index (χ1v) is 11.5. The molecule has 1 fully saturated rings. The summed E-state index contributed by atoms with van der Waals surface area (Å²) in [5.74, 6) is -0.264. The zero-order valence-electron chi connectivity index (χ0n) is 16.7. The van der Waals surface area contributed by atoms with E-state index in [-0.39, 0.29) is 42.5 Å². The molecule has 3 rings (SSSR count). The van der Waals surface area contributed by atoms with Crippen LogP contribution in [0.15, 0.2) is 41.3 Å². The molecule has 11 heteroatoms. The summed E-state index contributed by atoms with van der Waals surface area (Å²) >= 11 is 12.0. The first-order chi connectivity index (χ1) is 14.8. The number of hydrogen-bond acceptors (Lipinski definition) is 7. The second-order valence-corrected chi connectivity index (χ2v) is 9.14. The van der Waals surface area contributed by atoms with Gasteiger partial charge in [-0.25, -0.2) is 13.2 Å². The van der Waals surface area contributed by atoms with Crippen LogP contribution in [0.4, 0.5) is 0 Å². The molecule has 0 radical (unpaired) electrons. The summed E-state index contributed by atoms with van der Waals surface area (Å²) in [7, 11) is -2.50. The van der Waals surface area contributed by atoms with Gasteiger partial charge in [0.25, 0.3) is 0 Å². The van der Waals surface area contributed by atoms with Crippen molar-refractivity contribution in [2.24, 2.45) is 0 Å². The van der Waals surface area contributed by atoms with Gasteiger partial charge in [0, 0.05) is 13.1 Å². The highest BCUT2D eigenvalue weighted by Gasteiger charge is 2.30. The SMILES string of the molecule is COc1ccc(C(=O)OCCOc2c(Cl)cccc2Cl)cc1S(=O)(=O)N1CCOCC1. The highest BCUT2D eigenvalue weighted by molar-refractivity contribution is 7.89. The van der Waals surface area contributed by atoms with Gasteiger partial charge in [0.1, 0.15) is 23.9 Å². The molecule has 31 heavy (non-hydrogen) atoms. The summed E-state index contributed by atoms with van der Waals surface area (Å²) in [4.78, 5) is 12.3. The highest BCUT2D eigenvalue weighted by Crippen LogP contribution is 2.32. The zero-order valence-corrected chi connectivity index (χ0v) is 19.0. The molecule has 1 aliphatic rings. The molecule has 1 saturated heterocycles. The number of carbonyl (C=O) groups excluding carboxylic acids is 1. The van der Waals surface area contributed by atoms with Gasteiger partial charge in [0.15, 0.2) is 5.75 Å². The van der Waals surface area contributed by atoms with Crippen LogP contribution in [0.1, 0.15) is 10.4 Å². The topological polar surface area (TPSA) is 91.4 Å². The van der Waals surface area contributed by atoms with Gasteiger partial charge in [-0.15, -0.1) is 0 Å². The number of benzene rings is 2. The lowest BCUT2D eigenvalue weighted by Crippen LogP contribution is -2.40. The fourth-order valence-corrected chi connectivity index (χ4v) is 5.01. The lowest BCUT2D eigenvalue weighted by Gasteiger charge is -2.26. The van der Waals surface area contributed by atoms with Crippen LogP contribution in [-0.4, -0.2) is 65.3 Å². The number of carbonyl (C=O) groups is 1. The molecule has 0 aliphatic carbocycles. The predicted octanol–water partition coefficient (Wildman–Crippen LogP) is 3.26. The van der Waals surface area contributed by atoms with Gasteiger partial charge < -0.3 is 18.9 Å². The maximum atomic E-state index is 13.0. The van der Waals surface area contributed by atoms with Crippen LogP contribution >= 0.6 is 23.2 Å². The van der Waals surface area contributed by atoms with Crippen molar-refractivity contribution in [3.8, 4) is 11.5 Å². The number of rotatable bonds is 8.